The number of rotatable bonds is 6. The highest BCUT2D eigenvalue weighted by Crippen LogP contribution is 2.30. The molecule has 0 aliphatic heterocycles. The van der Waals surface area contributed by atoms with E-state index in [1.54, 1.807) is 32.0 Å². The molecule has 0 saturated carbocycles. The predicted molar refractivity (Wildman–Crippen MR) is 97.7 cm³/mol. The van der Waals surface area contributed by atoms with Crippen molar-refractivity contribution in [3.63, 3.8) is 0 Å². The molecule has 0 bridgehead atoms. The van der Waals surface area contributed by atoms with E-state index < -0.39 is 27.0 Å². The number of carbonyl (C=O) groups excluding carboxylic acids is 2. The number of nitrogens with zero attached hydrogens (tertiary/aromatic N) is 1. The van der Waals surface area contributed by atoms with E-state index >= 15 is 0 Å². The number of benzene rings is 1. The van der Waals surface area contributed by atoms with Crippen LogP contribution in [0.25, 0.3) is 10.2 Å². The van der Waals surface area contributed by atoms with Crippen LogP contribution >= 0.6 is 11.3 Å². The van der Waals surface area contributed by atoms with Gasteiger partial charge in [0.2, 0.25) is 14.2 Å². The Balaban J connectivity index is 2.40. The highest BCUT2D eigenvalue weighted by atomic mass is 32.2. The maximum atomic E-state index is 12.3. The standard InChI is InChI=1S/C16H18N2O6S2/c1-9(2)26(21,22)16-18-11-6-5-10(7-13(11)25-16)17-12(15(20)24-4)8-14(19)23-3/h5-9,17H,1-4H3/b12-8+. The zero-order chi connectivity index (χ0) is 19.5. The Morgan fingerprint density at radius 2 is 1.92 bits per heavy atom. The summed E-state index contributed by atoms with van der Waals surface area (Å²) in [6.07, 6.45) is 0.970. The fraction of sp³-hybridized carbons (Fsp3) is 0.312. The Morgan fingerprint density at radius 1 is 1.23 bits per heavy atom. The molecule has 26 heavy (non-hydrogen) atoms. The second kappa shape index (κ2) is 7.83. The van der Waals surface area contributed by atoms with Crippen molar-refractivity contribution in [2.45, 2.75) is 23.4 Å². The first kappa shape index (κ1) is 19.9. The van der Waals surface area contributed by atoms with Crippen LogP contribution in [0.15, 0.2) is 34.3 Å². The van der Waals surface area contributed by atoms with Gasteiger partial charge < -0.3 is 14.8 Å². The van der Waals surface area contributed by atoms with E-state index in [1.807, 2.05) is 0 Å². The van der Waals surface area contributed by atoms with E-state index in [1.165, 1.54) is 14.2 Å². The third-order valence-electron chi connectivity index (χ3n) is 3.38. The molecule has 1 aromatic heterocycles. The summed E-state index contributed by atoms with van der Waals surface area (Å²) >= 11 is 1.04. The van der Waals surface area contributed by atoms with Gasteiger partial charge in [-0.25, -0.2) is 23.0 Å². The Bertz CT molecular complexity index is 976. The molecule has 0 aliphatic carbocycles. The number of esters is 2. The van der Waals surface area contributed by atoms with E-state index in [0.29, 0.717) is 15.9 Å². The van der Waals surface area contributed by atoms with Gasteiger partial charge >= 0.3 is 11.9 Å². The number of nitrogens with one attached hydrogen (secondary N) is 1. The second-order valence-corrected chi connectivity index (χ2v) is 9.16. The van der Waals surface area contributed by atoms with Crippen molar-refractivity contribution >= 4 is 49.0 Å². The van der Waals surface area contributed by atoms with E-state index in [4.69, 9.17) is 0 Å². The summed E-state index contributed by atoms with van der Waals surface area (Å²) in [5.74, 6) is -1.47. The van der Waals surface area contributed by atoms with Crippen molar-refractivity contribution in [2.24, 2.45) is 0 Å². The number of aromatic nitrogens is 1. The van der Waals surface area contributed by atoms with Crippen LogP contribution in [0.1, 0.15) is 13.8 Å². The number of methoxy groups -OCH3 is 2. The summed E-state index contributed by atoms with van der Waals surface area (Å²) in [7, 11) is -1.10. The molecule has 1 aromatic carbocycles. The van der Waals surface area contributed by atoms with Gasteiger partial charge in [-0.15, -0.1) is 11.3 Å². The molecule has 0 amide bonds. The van der Waals surface area contributed by atoms with Gasteiger partial charge in [-0.3, -0.25) is 0 Å². The van der Waals surface area contributed by atoms with Gasteiger partial charge in [-0.1, -0.05) is 0 Å². The number of anilines is 1. The predicted octanol–water partition coefficient (Wildman–Crippen LogP) is 2.12. The quantitative estimate of drug-likeness (QED) is 0.582. The minimum atomic E-state index is -3.47. The fourth-order valence-corrected chi connectivity index (χ4v) is 4.57. The maximum absolute atomic E-state index is 12.3. The van der Waals surface area contributed by atoms with Crippen LogP contribution in [0.2, 0.25) is 0 Å². The first-order chi connectivity index (χ1) is 12.2. The molecule has 0 fully saturated rings. The van der Waals surface area contributed by atoms with Crippen LogP contribution in [-0.4, -0.2) is 44.8 Å². The van der Waals surface area contributed by atoms with Gasteiger partial charge in [0.15, 0.2) is 0 Å². The van der Waals surface area contributed by atoms with Crippen molar-refractivity contribution in [2.75, 3.05) is 19.5 Å². The molecule has 0 atom stereocenters. The lowest BCUT2D eigenvalue weighted by molar-refractivity contribution is -0.138. The van der Waals surface area contributed by atoms with Crippen LogP contribution in [0.4, 0.5) is 5.69 Å². The molecule has 0 saturated heterocycles. The van der Waals surface area contributed by atoms with E-state index in [2.05, 4.69) is 19.8 Å². The first-order valence-corrected chi connectivity index (χ1v) is 9.84. The molecule has 10 heteroatoms. The molecule has 0 spiro atoms. The number of hydrogen-bond donors (Lipinski definition) is 1. The topological polar surface area (TPSA) is 112 Å². The minimum Gasteiger partial charge on any atom is -0.466 e. The highest BCUT2D eigenvalue weighted by Gasteiger charge is 2.23. The maximum Gasteiger partial charge on any atom is 0.354 e. The molecule has 8 nitrogen and oxygen atoms in total. The Hall–Kier alpha value is -2.46. The van der Waals surface area contributed by atoms with Gasteiger partial charge in [0.05, 0.1) is 35.8 Å². The third-order valence-corrected chi connectivity index (χ3v) is 6.96. The number of ether oxygens (including phenoxy) is 2. The van der Waals surface area contributed by atoms with Crippen molar-refractivity contribution in [3.8, 4) is 0 Å². The number of sulfone groups is 1. The van der Waals surface area contributed by atoms with Gasteiger partial charge in [-0.05, 0) is 32.0 Å². The zero-order valence-electron chi connectivity index (χ0n) is 14.6. The first-order valence-electron chi connectivity index (χ1n) is 7.48. The number of thiazole rings is 1. The molecule has 0 unspecified atom stereocenters. The van der Waals surface area contributed by atoms with Crippen molar-refractivity contribution < 1.29 is 27.5 Å². The molecular weight excluding hydrogens is 380 g/mol. The van der Waals surface area contributed by atoms with Crippen molar-refractivity contribution in [1.82, 2.24) is 4.98 Å². The Morgan fingerprint density at radius 3 is 2.50 bits per heavy atom. The van der Waals surface area contributed by atoms with Gasteiger partial charge in [0, 0.05) is 5.69 Å². The van der Waals surface area contributed by atoms with E-state index in [-0.39, 0.29) is 10.0 Å². The lowest BCUT2D eigenvalue weighted by Gasteiger charge is -2.08. The van der Waals surface area contributed by atoms with Crippen molar-refractivity contribution in [3.05, 3.63) is 30.0 Å². The molecule has 0 aliphatic rings. The van der Waals surface area contributed by atoms with Gasteiger partial charge in [0.25, 0.3) is 0 Å². The molecule has 1 heterocycles. The summed E-state index contributed by atoms with van der Waals surface area (Å²) in [6, 6.07) is 4.88. The fourth-order valence-electron chi connectivity index (χ4n) is 1.89. The lowest BCUT2D eigenvalue weighted by atomic mass is 10.2. The monoisotopic (exact) mass is 398 g/mol. The molecule has 1 N–H and O–H groups in total. The largest absolute Gasteiger partial charge is 0.466 e. The van der Waals surface area contributed by atoms with Gasteiger partial charge in [0.1, 0.15) is 5.70 Å². The zero-order valence-corrected chi connectivity index (χ0v) is 16.2. The summed E-state index contributed by atoms with van der Waals surface area (Å²) in [5, 5.41) is 2.20. The highest BCUT2D eigenvalue weighted by molar-refractivity contribution is 7.94. The van der Waals surface area contributed by atoms with Crippen LogP contribution in [0.5, 0.6) is 0 Å². The SMILES string of the molecule is COC(=O)/C=C(/Nc1ccc2nc(S(=O)(=O)C(C)C)sc2c1)C(=O)OC. The summed E-state index contributed by atoms with van der Waals surface area (Å²) in [4.78, 5) is 27.4. The summed E-state index contributed by atoms with van der Waals surface area (Å²) < 4.78 is 34.3. The summed E-state index contributed by atoms with van der Waals surface area (Å²) in [5.41, 5.74) is 0.879. The molecular formula is C16H18N2O6S2. The van der Waals surface area contributed by atoms with E-state index in [9.17, 15) is 18.0 Å². The van der Waals surface area contributed by atoms with Crippen molar-refractivity contribution in [1.29, 1.82) is 0 Å². The molecule has 0 radical (unpaired) electrons. The third kappa shape index (κ3) is 4.20. The van der Waals surface area contributed by atoms with E-state index in [0.717, 1.165) is 17.4 Å². The van der Waals surface area contributed by atoms with Crippen LogP contribution in [-0.2, 0) is 28.9 Å². The lowest BCUT2D eigenvalue weighted by Crippen LogP contribution is -2.15. The van der Waals surface area contributed by atoms with Gasteiger partial charge in [-0.2, -0.15) is 0 Å². The Kier molecular flexibility index (Phi) is 5.98. The smallest absolute Gasteiger partial charge is 0.354 e. The Labute approximate surface area is 154 Å². The summed E-state index contributed by atoms with van der Waals surface area (Å²) in [6.45, 7) is 3.18. The molecule has 2 rings (SSSR count). The second-order valence-electron chi connectivity index (χ2n) is 5.45. The molecule has 140 valence electrons. The van der Waals surface area contributed by atoms with Crippen LogP contribution in [0.3, 0.4) is 0 Å². The molecule has 2 aromatic rings. The average molecular weight is 398 g/mol. The normalized spacial score (nSPS) is 12.3. The van der Waals surface area contributed by atoms with Crippen LogP contribution in [0, 0.1) is 0 Å². The number of carbonyl (C=O) groups is 2. The number of fused-ring (bicyclic) bond motifs is 1. The number of hydrogen-bond acceptors (Lipinski definition) is 9. The average Bonchev–Trinajstić information content (AvgIpc) is 3.04. The minimum absolute atomic E-state index is 0.0398. The van der Waals surface area contributed by atoms with Crippen LogP contribution < -0.4 is 5.32 Å².